The van der Waals surface area contributed by atoms with Crippen LogP contribution in [0.25, 0.3) is 0 Å². The van der Waals surface area contributed by atoms with Gasteiger partial charge in [0.15, 0.2) is 0 Å². The van der Waals surface area contributed by atoms with Crippen LogP contribution in [0.3, 0.4) is 0 Å². The van der Waals surface area contributed by atoms with Crippen LogP contribution in [0, 0.1) is 0 Å². The Labute approximate surface area is 51.9 Å². The van der Waals surface area contributed by atoms with E-state index in [-0.39, 0.29) is 0 Å². The van der Waals surface area contributed by atoms with Gasteiger partial charge in [0.05, 0.1) is 0 Å². The Balaban J connectivity index is 2.90. The first-order valence-corrected chi connectivity index (χ1v) is 3.17. The first-order chi connectivity index (χ1) is 3.91. The largest absolute Gasteiger partial charge is 0.103 e. The van der Waals surface area contributed by atoms with Crippen LogP contribution in [0.15, 0.2) is 24.8 Å². The van der Waals surface area contributed by atoms with Crippen molar-refractivity contribution in [1.82, 2.24) is 0 Å². The van der Waals surface area contributed by atoms with E-state index < -0.39 is 0 Å². The molecule has 0 aliphatic rings. The third-order valence-corrected chi connectivity index (χ3v) is 0.940. The van der Waals surface area contributed by atoms with Crippen molar-refractivity contribution < 1.29 is 0 Å². The zero-order valence-corrected chi connectivity index (χ0v) is 5.56. The maximum Gasteiger partial charge on any atom is -0.0316 e. The predicted molar refractivity (Wildman–Crippen MR) is 38.9 cm³/mol. The van der Waals surface area contributed by atoms with Gasteiger partial charge in [0.25, 0.3) is 0 Å². The molecule has 0 rings (SSSR count). The highest BCUT2D eigenvalue weighted by molar-refractivity contribution is 4.82. The van der Waals surface area contributed by atoms with Crippen molar-refractivity contribution in [2.45, 2.75) is 26.2 Å². The Morgan fingerprint density at radius 2 is 2.00 bits per heavy atom. The van der Waals surface area contributed by atoms with Gasteiger partial charge in [-0.15, -0.1) is 6.58 Å². The van der Waals surface area contributed by atoms with Crippen molar-refractivity contribution >= 4 is 0 Å². The Morgan fingerprint density at radius 1 is 1.25 bits per heavy atom. The van der Waals surface area contributed by atoms with Gasteiger partial charge in [-0.3, -0.25) is 0 Å². The van der Waals surface area contributed by atoms with E-state index in [1.165, 1.54) is 0 Å². The lowest BCUT2D eigenvalue weighted by Crippen LogP contribution is -1.61. The average Bonchev–Trinajstić information content (AvgIpc) is 1.81. The topological polar surface area (TPSA) is 0 Å². The Bertz CT molecular complexity index is 70.1. The third-order valence-electron chi connectivity index (χ3n) is 0.940. The molecular weight excluding hydrogens is 96.1 g/mol. The third kappa shape index (κ3) is 5.48. The molecule has 0 aromatic carbocycles. The molecule has 0 saturated carbocycles. The van der Waals surface area contributed by atoms with Gasteiger partial charge in [-0.1, -0.05) is 25.2 Å². The van der Waals surface area contributed by atoms with Crippen LogP contribution in [-0.4, -0.2) is 0 Å². The predicted octanol–water partition coefficient (Wildman–Crippen LogP) is 2.92. The molecule has 0 heteroatoms. The SMILES string of the molecule is C=CCC/C=C\CC. The fourth-order valence-electron chi connectivity index (χ4n) is 0.499. The molecule has 0 radical (unpaired) electrons. The number of hydrogen-bond donors (Lipinski definition) is 0. The Hall–Kier alpha value is -0.520. The van der Waals surface area contributed by atoms with Crippen molar-refractivity contribution in [3.8, 4) is 0 Å². The van der Waals surface area contributed by atoms with Crippen LogP contribution in [0.1, 0.15) is 26.2 Å². The van der Waals surface area contributed by atoms with Crippen LogP contribution in [-0.2, 0) is 0 Å². The summed E-state index contributed by atoms with van der Waals surface area (Å²) in [6.45, 7) is 5.77. The summed E-state index contributed by atoms with van der Waals surface area (Å²) in [7, 11) is 0. The van der Waals surface area contributed by atoms with Gasteiger partial charge in [-0.25, -0.2) is 0 Å². The molecule has 0 unspecified atom stereocenters. The monoisotopic (exact) mass is 110 g/mol. The van der Waals surface area contributed by atoms with Crippen molar-refractivity contribution in [2.75, 3.05) is 0 Å². The summed E-state index contributed by atoms with van der Waals surface area (Å²) >= 11 is 0. The molecule has 0 aliphatic carbocycles. The maximum absolute atomic E-state index is 3.62. The summed E-state index contributed by atoms with van der Waals surface area (Å²) in [6, 6.07) is 0. The molecule has 0 aliphatic heterocycles. The summed E-state index contributed by atoms with van der Waals surface area (Å²) in [5, 5.41) is 0. The summed E-state index contributed by atoms with van der Waals surface area (Å²) in [6.07, 6.45) is 9.73. The minimum Gasteiger partial charge on any atom is -0.103 e. The van der Waals surface area contributed by atoms with Crippen LogP contribution in [0.5, 0.6) is 0 Å². The molecule has 0 amide bonds. The van der Waals surface area contributed by atoms with Gasteiger partial charge < -0.3 is 0 Å². The summed E-state index contributed by atoms with van der Waals surface area (Å²) in [4.78, 5) is 0. The summed E-state index contributed by atoms with van der Waals surface area (Å²) in [5.41, 5.74) is 0. The van der Waals surface area contributed by atoms with E-state index in [1.54, 1.807) is 0 Å². The standard InChI is InChI=1S/C8H14/c1-3-5-7-8-6-4-2/h3,6,8H,1,4-5,7H2,2H3/b8-6-. The van der Waals surface area contributed by atoms with Gasteiger partial charge in [0, 0.05) is 0 Å². The zero-order chi connectivity index (χ0) is 6.24. The van der Waals surface area contributed by atoms with E-state index in [2.05, 4.69) is 25.7 Å². The lowest BCUT2D eigenvalue weighted by Gasteiger charge is -1.81. The molecule has 0 atom stereocenters. The summed E-state index contributed by atoms with van der Waals surface area (Å²) in [5.74, 6) is 0. The lowest BCUT2D eigenvalue weighted by molar-refractivity contribution is 1.04. The number of hydrogen-bond acceptors (Lipinski definition) is 0. The quantitative estimate of drug-likeness (QED) is 0.385. The van der Waals surface area contributed by atoms with Crippen LogP contribution < -0.4 is 0 Å². The van der Waals surface area contributed by atoms with E-state index >= 15 is 0 Å². The van der Waals surface area contributed by atoms with Gasteiger partial charge in [0.2, 0.25) is 0 Å². The second-order valence-corrected chi connectivity index (χ2v) is 1.75. The van der Waals surface area contributed by atoms with Crippen LogP contribution in [0.4, 0.5) is 0 Å². The minimum absolute atomic E-state index is 1.11. The molecule has 0 N–H and O–H groups in total. The summed E-state index contributed by atoms with van der Waals surface area (Å²) < 4.78 is 0. The van der Waals surface area contributed by atoms with Gasteiger partial charge >= 0.3 is 0 Å². The van der Waals surface area contributed by atoms with Crippen molar-refractivity contribution in [3.05, 3.63) is 24.8 Å². The fraction of sp³-hybridized carbons (Fsp3) is 0.500. The molecule has 46 valence electrons. The Morgan fingerprint density at radius 3 is 2.50 bits per heavy atom. The van der Waals surface area contributed by atoms with Crippen LogP contribution in [0.2, 0.25) is 0 Å². The van der Waals surface area contributed by atoms with Gasteiger partial charge in [0.1, 0.15) is 0 Å². The highest BCUT2D eigenvalue weighted by Gasteiger charge is 1.70. The Kier molecular flexibility index (Phi) is 6.06. The number of rotatable bonds is 4. The first kappa shape index (κ1) is 7.48. The highest BCUT2D eigenvalue weighted by Crippen LogP contribution is 1.91. The number of unbranched alkanes of at least 4 members (excludes halogenated alkanes) is 1. The second-order valence-electron chi connectivity index (χ2n) is 1.75. The molecule has 0 aromatic rings. The smallest absolute Gasteiger partial charge is 0.0316 e. The van der Waals surface area contributed by atoms with E-state index in [9.17, 15) is 0 Å². The number of allylic oxidation sites excluding steroid dienone is 3. The molecule has 0 bridgehead atoms. The van der Waals surface area contributed by atoms with Gasteiger partial charge in [-0.05, 0) is 19.3 Å². The average molecular weight is 110 g/mol. The first-order valence-electron chi connectivity index (χ1n) is 3.17. The fourth-order valence-corrected chi connectivity index (χ4v) is 0.499. The maximum atomic E-state index is 3.62. The van der Waals surface area contributed by atoms with E-state index in [4.69, 9.17) is 0 Å². The van der Waals surface area contributed by atoms with Crippen molar-refractivity contribution in [2.24, 2.45) is 0 Å². The lowest BCUT2D eigenvalue weighted by atomic mass is 10.3. The second kappa shape index (κ2) is 6.48. The molecule has 8 heavy (non-hydrogen) atoms. The van der Waals surface area contributed by atoms with Crippen molar-refractivity contribution in [3.63, 3.8) is 0 Å². The van der Waals surface area contributed by atoms with Crippen LogP contribution >= 0.6 is 0 Å². The molecule has 0 saturated heterocycles. The normalized spacial score (nSPS) is 10.1. The van der Waals surface area contributed by atoms with E-state index in [1.807, 2.05) is 6.08 Å². The molecule has 0 aromatic heterocycles. The molecule has 0 fully saturated rings. The molecule has 0 nitrogen and oxygen atoms in total. The minimum atomic E-state index is 1.11. The van der Waals surface area contributed by atoms with E-state index in [0.29, 0.717) is 0 Å². The zero-order valence-electron chi connectivity index (χ0n) is 5.56. The van der Waals surface area contributed by atoms with Crippen molar-refractivity contribution in [1.29, 1.82) is 0 Å². The molecular formula is C8H14. The highest BCUT2D eigenvalue weighted by atomic mass is 13.8. The molecule has 0 spiro atoms. The van der Waals surface area contributed by atoms with Gasteiger partial charge in [-0.2, -0.15) is 0 Å². The molecule has 0 heterocycles. The van der Waals surface area contributed by atoms with E-state index in [0.717, 1.165) is 19.3 Å².